The number of rotatable bonds is 5. The molecule has 1 heterocycles. The molecule has 3 rings (SSSR count). The molecule has 0 aliphatic rings. The van der Waals surface area contributed by atoms with Crippen molar-refractivity contribution >= 4 is 23.2 Å². The van der Waals surface area contributed by atoms with Crippen LogP contribution < -0.4 is 10.1 Å². The van der Waals surface area contributed by atoms with E-state index in [-0.39, 0.29) is 12.5 Å². The van der Waals surface area contributed by atoms with Gasteiger partial charge in [-0.15, -0.1) is 10.2 Å². The second-order valence-electron chi connectivity index (χ2n) is 5.39. The Hall–Kier alpha value is -2.93. The van der Waals surface area contributed by atoms with Gasteiger partial charge in [0.1, 0.15) is 12.3 Å². The minimum Gasteiger partial charge on any atom is -0.497 e. The number of hydrogen-bond donors (Lipinski definition) is 1. The summed E-state index contributed by atoms with van der Waals surface area (Å²) in [5.74, 6) is 0.849. The summed E-state index contributed by atoms with van der Waals surface area (Å²) in [5.41, 5.74) is 2.32. The fraction of sp³-hybridized carbons (Fsp3) is 0.176. The van der Waals surface area contributed by atoms with Crippen molar-refractivity contribution in [2.75, 3.05) is 12.4 Å². The predicted octanol–water partition coefficient (Wildman–Crippen LogP) is 2.95. The van der Waals surface area contributed by atoms with E-state index in [2.05, 4.69) is 20.7 Å². The van der Waals surface area contributed by atoms with E-state index in [0.29, 0.717) is 22.3 Å². The number of amides is 1. The van der Waals surface area contributed by atoms with Crippen LogP contribution in [0.4, 0.5) is 5.69 Å². The first-order valence-electron chi connectivity index (χ1n) is 7.53. The molecular weight excluding hydrogens is 342 g/mol. The van der Waals surface area contributed by atoms with E-state index in [0.717, 1.165) is 11.1 Å². The van der Waals surface area contributed by atoms with Gasteiger partial charge in [-0.2, -0.15) is 4.80 Å². The lowest BCUT2D eigenvalue weighted by Crippen LogP contribution is -2.20. The van der Waals surface area contributed by atoms with Gasteiger partial charge in [-0.05, 0) is 42.0 Å². The molecule has 1 amide bonds. The van der Waals surface area contributed by atoms with Gasteiger partial charge in [-0.3, -0.25) is 4.79 Å². The zero-order valence-corrected chi connectivity index (χ0v) is 14.5. The van der Waals surface area contributed by atoms with Crippen LogP contribution in [0.15, 0.2) is 42.5 Å². The predicted molar refractivity (Wildman–Crippen MR) is 94.6 cm³/mol. The number of hydrogen-bond acceptors (Lipinski definition) is 5. The molecule has 0 fully saturated rings. The largest absolute Gasteiger partial charge is 0.497 e. The molecule has 0 aliphatic heterocycles. The van der Waals surface area contributed by atoms with Crippen molar-refractivity contribution in [3.8, 4) is 17.1 Å². The van der Waals surface area contributed by atoms with Crippen LogP contribution in [0.3, 0.4) is 0 Å². The average molecular weight is 358 g/mol. The molecule has 1 N–H and O–H groups in total. The summed E-state index contributed by atoms with van der Waals surface area (Å²) >= 11 is 6.05. The number of carbonyl (C=O) groups excluding carboxylic acids is 1. The molecule has 0 saturated heterocycles. The van der Waals surface area contributed by atoms with Crippen LogP contribution in [-0.4, -0.2) is 33.2 Å². The molecule has 0 unspecified atom stereocenters. The molecule has 0 saturated carbocycles. The monoisotopic (exact) mass is 357 g/mol. The number of aromatic nitrogens is 4. The summed E-state index contributed by atoms with van der Waals surface area (Å²) in [6, 6.07) is 12.6. The Morgan fingerprint density at radius 3 is 2.88 bits per heavy atom. The van der Waals surface area contributed by atoms with Crippen molar-refractivity contribution in [1.29, 1.82) is 0 Å². The smallest absolute Gasteiger partial charge is 0.248 e. The highest BCUT2D eigenvalue weighted by atomic mass is 35.5. The van der Waals surface area contributed by atoms with Crippen LogP contribution in [0.5, 0.6) is 5.75 Å². The Balaban J connectivity index is 1.68. The Labute approximate surface area is 149 Å². The third-order valence-electron chi connectivity index (χ3n) is 3.52. The number of tetrazole rings is 1. The van der Waals surface area contributed by atoms with Gasteiger partial charge in [0.2, 0.25) is 11.7 Å². The molecule has 25 heavy (non-hydrogen) atoms. The second-order valence-corrected chi connectivity index (χ2v) is 5.79. The number of halogens is 1. The zero-order chi connectivity index (χ0) is 17.8. The molecule has 3 aromatic rings. The fourth-order valence-electron chi connectivity index (χ4n) is 2.19. The summed E-state index contributed by atoms with van der Waals surface area (Å²) < 4.78 is 5.17. The fourth-order valence-corrected chi connectivity index (χ4v) is 2.37. The van der Waals surface area contributed by atoms with Crippen molar-refractivity contribution < 1.29 is 9.53 Å². The van der Waals surface area contributed by atoms with Gasteiger partial charge < -0.3 is 10.1 Å². The van der Waals surface area contributed by atoms with Gasteiger partial charge in [-0.1, -0.05) is 29.8 Å². The molecule has 8 heteroatoms. The summed E-state index contributed by atoms with van der Waals surface area (Å²) in [6.07, 6.45) is 0. The van der Waals surface area contributed by atoms with E-state index < -0.39 is 0 Å². The minimum atomic E-state index is -0.269. The number of ether oxygens (including phenoxy) is 1. The van der Waals surface area contributed by atoms with Crippen LogP contribution in [-0.2, 0) is 11.3 Å². The third kappa shape index (κ3) is 4.13. The van der Waals surface area contributed by atoms with Gasteiger partial charge in [0.05, 0.1) is 7.11 Å². The average Bonchev–Trinajstić information content (AvgIpc) is 3.06. The van der Waals surface area contributed by atoms with Crippen LogP contribution >= 0.6 is 11.6 Å². The van der Waals surface area contributed by atoms with Crippen molar-refractivity contribution in [1.82, 2.24) is 20.2 Å². The number of methoxy groups -OCH3 is 1. The lowest BCUT2D eigenvalue weighted by atomic mass is 10.2. The first-order chi connectivity index (χ1) is 12.0. The van der Waals surface area contributed by atoms with Crippen molar-refractivity contribution in [3.05, 3.63) is 53.1 Å². The lowest BCUT2D eigenvalue weighted by Gasteiger charge is -2.06. The van der Waals surface area contributed by atoms with Crippen LogP contribution in [0, 0.1) is 6.92 Å². The quantitative estimate of drug-likeness (QED) is 0.759. The highest BCUT2D eigenvalue weighted by Gasteiger charge is 2.10. The van der Waals surface area contributed by atoms with E-state index >= 15 is 0 Å². The summed E-state index contributed by atoms with van der Waals surface area (Å²) in [4.78, 5) is 13.4. The highest BCUT2D eigenvalue weighted by Crippen LogP contribution is 2.21. The lowest BCUT2D eigenvalue weighted by molar-refractivity contribution is -0.117. The SMILES string of the molecule is COc1cccc(-c2nnn(CC(=O)Nc3ccc(C)c(Cl)c3)n2)c1. The van der Waals surface area contributed by atoms with Gasteiger partial charge in [0.25, 0.3) is 0 Å². The van der Waals surface area contributed by atoms with E-state index in [4.69, 9.17) is 16.3 Å². The molecule has 1 aromatic heterocycles. The zero-order valence-electron chi connectivity index (χ0n) is 13.7. The molecular formula is C17H16ClN5O2. The Kier molecular flexibility index (Phi) is 4.95. The molecule has 0 bridgehead atoms. The van der Waals surface area contributed by atoms with Gasteiger partial charge >= 0.3 is 0 Å². The maximum absolute atomic E-state index is 12.1. The standard InChI is InChI=1S/C17H16ClN5O2/c1-11-6-7-13(9-15(11)18)19-16(24)10-23-21-17(20-22-23)12-4-3-5-14(8-12)25-2/h3-9H,10H2,1-2H3,(H,19,24). The van der Waals surface area contributed by atoms with Crippen molar-refractivity contribution in [2.24, 2.45) is 0 Å². The van der Waals surface area contributed by atoms with Gasteiger partial charge in [0, 0.05) is 16.3 Å². The number of aryl methyl sites for hydroxylation is 1. The van der Waals surface area contributed by atoms with E-state index in [1.807, 2.05) is 31.2 Å². The Morgan fingerprint density at radius 2 is 2.12 bits per heavy atom. The normalized spacial score (nSPS) is 10.5. The molecule has 2 aromatic carbocycles. The molecule has 0 atom stereocenters. The summed E-state index contributed by atoms with van der Waals surface area (Å²) in [7, 11) is 1.59. The Bertz CT molecular complexity index is 910. The van der Waals surface area contributed by atoms with Gasteiger partial charge in [0.15, 0.2) is 0 Å². The number of anilines is 1. The van der Waals surface area contributed by atoms with Crippen molar-refractivity contribution in [2.45, 2.75) is 13.5 Å². The van der Waals surface area contributed by atoms with Crippen LogP contribution in [0.2, 0.25) is 5.02 Å². The van der Waals surface area contributed by atoms with Crippen molar-refractivity contribution in [3.63, 3.8) is 0 Å². The summed E-state index contributed by atoms with van der Waals surface area (Å²) in [5, 5.41) is 15.5. The molecule has 0 aliphatic carbocycles. The molecule has 0 spiro atoms. The molecule has 128 valence electrons. The van der Waals surface area contributed by atoms with E-state index in [1.54, 1.807) is 25.3 Å². The van der Waals surface area contributed by atoms with E-state index in [9.17, 15) is 4.79 Å². The Morgan fingerprint density at radius 1 is 1.28 bits per heavy atom. The van der Waals surface area contributed by atoms with Crippen LogP contribution in [0.25, 0.3) is 11.4 Å². The maximum atomic E-state index is 12.1. The number of benzene rings is 2. The minimum absolute atomic E-state index is 0.0531. The first-order valence-corrected chi connectivity index (χ1v) is 7.91. The molecule has 0 radical (unpaired) electrons. The van der Waals surface area contributed by atoms with Gasteiger partial charge in [-0.25, -0.2) is 0 Å². The summed E-state index contributed by atoms with van der Waals surface area (Å²) in [6.45, 7) is 1.84. The highest BCUT2D eigenvalue weighted by molar-refractivity contribution is 6.31. The maximum Gasteiger partial charge on any atom is 0.248 e. The van der Waals surface area contributed by atoms with Crippen LogP contribution in [0.1, 0.15) is 5.56 Å². The second kappa shape index (κ2) is 7.31. The number of nitrogens with one attached hydrogen (secondary N) is 1. The molecule has 7 nitrogen and oxygen atoms in total. The number of carbonyl (C=O) groups is 1. The first kappa shape index (κ1) is 16.9. The number of nitrogens with zero attached hydrogens (tertiary/aromatic N) is 4. The van der Waals surface area contributed by atoms with E-state index in [1.165, 1.54) is 4.80 Å². The third-order valence-corrected chi connectivity index (χ3v) is 3.93. The topological polar surface area (TPSA) is 81.9 Å².